The average Bonchev–Trinajstić information content (AvgIpc) is 2.78. The molecule has 168 valence electrons. The van der Waals surface area contributed by atoms with Gasteiger partial charge in [-0.15, -0.1) is 0 Å². The third kappa shape index (κ3) is 6.33. The fourth-order valence-electron chi connectivity index (χ4n) is 3.20. The molecule has 3 rings (SSSR count). The Kier molecular flexibility index (Phi) is 8.06. The molecule has 0 spiro atoms. The molecule has 7 heteroatoms. The lowest BCUT2D eigenvalue weighted by Crippen LogP contribution is -2.14. The Morgan fingerprint density at radius 2 is 1.97 bits per heavy atom. The van der Waals surface area contributed by atoms with Crippen LogP contribution in [0.2, 0.25) is 0 Å². The summed E-state index contributed by atoms with van der Waals surface area (Å²) < 4.78 is 25.5. The molecule has 0 aliphatic rings. The fourth-order valence-corrected chi connectivity index (χ4v) is 3.99. The Labute approximate surface area is 206 Å². The van der Waals surface area contributed by atoms with Crippen LogP contribution >= 0.6 is 22.6 Å². The van der Waals surface area contributed by atoms with Gasteiger partial charge in [0.2, 0.25) is 0 Å². The second kappa shape index (κ2) is 11.0. The van der Waals surface area contributed by atoms with Crippen molar-refractivity contribution in [1.29, 1.82) is 5.26 Å². The molecule has 0 saturated carbocycles. The maximum absolute atomic E-state index is 13.4. The van der Waals surface area contributed by atoms with E-state index in [1.54, 1.807) is 24.3 Å². The Hall–Kier alpha value is -3.38. The van der Waals surface area contributed by atoms with E-state index in [2.05, 4.69) is 27.9 Å². The number of ether oxygens (including phenoxy) is 2. The minimum absolute atomic E-state index is 0.0405. The predicted molar refractivity (Wildman–Crippen MR) is 135 cm³/mol. The van der Waals surface area contributed by atoms with Crippen molar-refractivity contribution in [2.24, 2.45) is 0 Å². The number of hydrogen-bond donors (Lipinski definition) is 1. The highest BCUT2D eigenvalue weighted by Crippen LogP contribution is 2.35. The smallest absolute Gasteiger partial charge is 0.266 e. The fraction of sp³-hybridized carbons (Fsp3) is 0.154. The van der Waals surface area contributed by atoms with Crippen molar-refractivity contribution in [3.8, 4) is 17.6 Å². The summed E-state index contributed by atoms with van der Waals surface area (Å²) in [7, 11) is 1.51. The lowest BCUT2D eigenvalue weighted by molar-refractivity contribution is -0.112. The first-order valence-electron chi connectivity index (χ1n) is 10.1. The van der Waals surface area contributed by atoms with Gasteiger partial charge in [-0.2, -0.15) is 5.26 Å². The van der Waals surface area contributed by atoms with Crippen LogP contribution in [-0.4, -0.2) is 13.0 Å². The van der Waals surface area contributed by atoms with Crippen LogP contribution in [0.4, 0.5) is 10.1 Å². The van der Waals surface area contributed by atoms with Crippen LogP contribution in [0.5, 0.6) is 11.5 Å². The summed E-state index contributed by atoms with van der Waals surface area (Å²) in [5.74, 6) is 0.112. The second-order valence-corrected chi connectivity index (χ2v) is 8.56. The van der Waals surface area contributed by atoms with Gasteiger partial charge in [0.25, 0.3) is 5.91 Å². The molecule has 33 heavy (non-hydrogen) atoms. The number of methoxy groups -OCH3 is 1. The number of halogens is 2. The summed E-state index contributed by atoms with van der Waals surface area (Å²) in [5, 5.41) is 12.4. The Morgan fingerprint density at radius 3 is 2.64 bits per heavy atom. The molecule has 3 aromatic carbocycles. The topological polar surface area (TPSA) is 71.3 Å². The van der Waals surface area contributed by atoms with Crippen LogP contribution in [0.3, 0.4) is 0 Å². The van der Waals surface area contributed by atoms with E-state index in [1.807, 2.05) is 38.1 Å². The van der Waals surface area contributed by atoms with Gasteiger partial charge in [0, 0.05) is 5.69 Å². The summed E-state index contributed by atoms with van der Waals surface area (Å²) in [6.07, 6.45) is 1.50. The number of benzene rings is 3. The van der Waals surface area contributed by atoms with E-state index >= 15 is 0 Å². The van der Waals surface area contributed by atoms with Crippen molar-refractivity contribution in [2.45, 2.75) is 20.5 Å². The lowest BCUT2D eigenvalue weighted by Gasteiger charge is -2.14. The number of aryl methyl sites for hydroxylation is 2. The Morgan fingerprint density at radius 1 is 1.18 bits per heavy atom. The molecule has 3 aromatic rings. The van der Waals surface area contributed by atoms with Crippen LogP contribution in [0.1, 0.15) is 22.3 Å². The molecule has 0 bridgehead atoms. The van der Waals surface area contributed by atoms with E-state index in [0.717, 1.165) is 14.7 Å². The second-order valence-electron chi connectivity index (χ2n) is 7.40. The van der Waals surface area contributed by atoms with E-state index in [4.69, 9.17) is 9.47 Å². The Balaban J connectivity index is 1.83. The summed E-state index contributed by atoms with van der Waals surface area (Å²) in [5.41, 5.74) is 3.91. The highest BCUT2D eigenvalue weighted by atomic mass is 127. The first-order chi connectivity index (χ1) is 15.8. The minimum atomic E-state index is -0.496. The largest absolute Gasteiger partial charge is 0.493 e. The van der Waals surface area contributed by atoms with Gasteiger partial charge in [0.15, 0.2) is 11.5 Å². The van der Waals surface area contributed by atoms with Crippen molar-refractivity contribution in [3.63, 3.8) is 0 Å². The number of nitrogens with zero attached hydrogens (tertiary/aromatic N) is 1. The number of hydrogen-bond acceptors (Lipinski definition) is 4. The zero-order chi connectivity index (χ0) is 24.0. The maximum atomic E-state index is 13.4. The summed E-state index contributed by atoms with van der Waals surface area (Å²) >= 11 is 2.09. The van der Waals surface area contributed by atoms with Crippen LogP contribution in [0.15, 0.2) is 60.2 Å². The van der Waals surface area contributed by atoms with Gasteiger partial charge in [0.1, 0.15) is 24.1 Å². The van der Waals surface area contributed by atoms with Crippen molar-refractivity contribution in [1.82, 2.24) is 0 Å². The molecule has 0 aromatic heterocycles. The van der Waals surface area contributed by atoms with Gasteiger partial charge >= 0.3 is 0 Å². The van der Waals surface area contributed by atoms with Crippen LogP contribution in [0.25, 0.3) is 6.08 Å². The molecule has 0 unspecified atom stereocenters. The number of nitrogens with one attached hydrogen (secondary N) is 1. The normalized spacial score (nSPS) is 11.0. The van der Waals surface area contributed by atoms with Gasteiger partial charge < -0.3 is 14.8 Å². The van der Waals surface area contributed by atoms with Gasteiger partial charge in [-0.05, 0) is 89.5 Å². The average molecular weight is 556 g/mol. The summed E-state index contributed by atoms with van der Waals surface area (Å²) in [6, 6.07) is 17.3. The number of rotatable bonds is 7. The standard InChI is InChI=1S/C26H22FIN2O3/c1-16-7-8-23(17(2)9-16)30-26(31)20(14-29)10-19-12-22(28)25(24(13-19)32-3)33-15-18-5-4-6-21(27)11-18/h4-13H,15H2,1-3H3,(H,30,31)/b20-10+. The van der Waals surface area contributed by atoms with E-state index in [0.29, 0.717) is 28.3 Å². The van der Waals surface area contributed by atoms with Gasteiger partial charge in [-0.3, -0.25) is 4.79 Å². The molecule has 0 aliphatic carbocycles. The van der Waals surface area contributed by atoms with Gasteiger partial charge in [-0.25, -0.2) is 4.39 Å². The van der Waals surface area contributed by atoms with Gasteiger partial charge in [-0.1, -0.05) is 29.8 Å². The molecular formula is C26H22FIN2O3. The van der Waals surface area contributed by atoms with Gasteiger partial charge in [0.05, 0.1) is 10.7 Å². The zero-order valence-corrected chi connectivity index (χ0v) is 20.6. The first kappa shape index (κ1) is 24.3. The molecule has 0 heterocycles. The van der Waals surface area contributed by atoms with Crippen molar-refractivity contribution in [3.05, 3.63) is 91.8 Å². The molecule has 0 aliphatic heterocycles. The summed E-state index contributed by atoms with van der Waals surface area (Å²) in [6.45, 7) is 4.04. The molecule has 1 N–H and O–H groups in total. The summed E-state index contributed by atoms with van der Waals surface area (Å²) in [4.78, 5) is 12.7. The third-order valence-electron chi connectivity index (χ3n) is 4.83. The van der Waals surface area contributed by atoms with Crippen molar-refractivity contribution >= 4 is 40.3 Å². The van der Waals surface area contributed by atoms with E-state index in [9.17, 15) is 14.4 Å². The van der Waals surface area contributed by atoms with E-state index < -0.39 is 5.91 Å². The lowest BCUT2D eigenvalue weighted by atomic mass is 10.1. The molecule has 0 fully saturated rings. The van der Waals surface area contributed by atoms with Crippen molar-refractivity contribution in [2.75, 3.05) is 12.4 Å². The van der Waals surface area contributed by atoms with Crippen LogP contribution in [0, 0.1) is 34.6 Å². The monoisotopic (exact) mass is 556 g/mol. The van der Waals surface area contributed by atoms with E-state index in [1.165, 1.54) is 25.3 Å². The van der Waals surface area contributed by atoms with Crippen LogP contribution < -0.4 is 14.8 Å². The minimum Gasteiger partial charge on any atom is -0.493 e. The molecule has 0 atom stereocenters. The molecule has 0 radical (unpaired) electrons. The molecule has 0 saturated heterocycles. The number of amides is 1. The predicted octanol–water partition coefficient (Wildman–Crippen LogP) is 6.18. The number of carbonyl (C=O) groups excluding carboxylic acids is 1. The SMILES string of the molecule is COc1cc(/C=C(\C#N)C(=O)Nc2ccc(C)cc2C)cc(I)c1OCc1cccc(F)c1. The third-order valence-corrected chi connectivity index (χ3v) is 5.63. The quantitative estimate of drug-likeness (QED) is 0.214. The first-order valence-corrected chi connectivity index (χ1v) is 11.1. The highest BCUT2D eigenvalue weighted by molar-refractivity contribution is 14.1. The highest BCUT2D eigenvalue weighted by Gasteiger charge is 2.15. The number of anilines is 1. The van der Waals surface area contributed by atoms with Crippen molar-refractivity contribution < 1.29 is 18.7 Å². The number of nitriles is 1. The van der Waals surface area contributed by atoms with Crippen LogP contribution in [-0.2, 0) is 11.4 Å². The molecular weight excluding hydrogens is 534 g/mol. The molecule has 5 nitrogen and oxygen atoms in total. The Bertz CT molecular complexity index is 1260. The molecule has 1 amide bonds. The number of carbonyl (C=O) groups is 1. The van der Waals surface area contributed by atoms with E-state index in [-0.39, 0.29) is 18.0 Å². The maximum Gasteiger partial charge on any atom is 0.266 e. The zero-order valence-electron chi connectivity index (χ0n) is 18.4.